The molecule has 1 aliphatic rings. The largest absolute Gasteiger partial charge is 0.378 e. The second kappa shape index (κ2) is 8.85. The Bertz CT molecular complexity index is 859. The van der Waals surface area contributed by atoms with E-state index in [2.05, 4.69) is 15.0 Å². The molecule has 0 spiro atoms. The van der Waals surface area contributed by atoms with Crippen molar-refractivity contribution in [2.75, 3.05) is 17.2 Å². The Morgan fingerprint density at radius 2 is 1.93 bits per heavy atom. The zero-order valence-electron chi connectivity index (χ0n) is 15.1. The summed E-state index contributed by atoms with van der Waals surface area (Å²) >= 11 is 12.4. The highest BCUT2D eigenvalue weighted by Crippen LogP contribution is 2.30. The standard InChI is InChI=1S/C17H21Cl2N7O2/c18-13-6-22-5-11(15(13)19)9-25(8-10-1-3-12(20)4-2-10)17-23-7-14(26(27)28)16(21)24-17/h5-7,10,12H,1-4,8-9,20H2,(H2,21,23,24). The highest BCUT2D eigenvalue weighted by atomic mass is 35.5. The van der Waals surface area contributed by atoms with Crippen LogP contribution < -0.4 is 16.4 Å². The second-order valence-corrected chi connectivity index (χ2v) is 7.74. The van der Waals surface area contributed by atoms with Crippen molar-refractivity contribution in [1.29, 1.82) is 0 Å². The lowest BCUT2D eigenvalue weighted by Crippen LogP contribution is -2.35. The third-order valence-electron chi connectivity index (χ3n) is 4.91. The van der Waals surface area contributed by atoms with Crippen LogP contribution in [0, 0.1) is 16.0 Å². The Morgan fingerprint density at radius 3 is 2.57 bits per heavy atom. The maximum atomic E-state index is 11.0. The molecule has 28 heavy (non-hydrogen) atoms. The molecule has 3 rings (SSSR count). The summed E-state index contributed by atoms with van der Waals surface area (Å²) in [5, 5.41) is 11.8. The highest BCUT2D eigenvalue weighted by Gasteiger charge is 2.25. The number of halogens is 2. The number of rotatable bonds is 6. The van der Waals surface area contributed by atoms with Gasteiger partial charge in [0, 0.05) is 37.1 Å². The Kier molecular flexibility index (Phi) is 6.48. The zero-order chi connectivity index (χ0) is 20.3. The van der Waals surface area contributed by atoms with Crippen LogP contribution in [0.2, 0.25) is 10.0 Å². The molecule has 150 valence electrons. The number of nitrogens with two attached hydrogens (primary N) is 2. The fourth-order valence-electron chi connectivity index (χ4n) is 3.35. The number of hydrogen-bond donors (Lipinski definition) is 2. The molecule has 2 aromatic heterocycles. The van der Waals surface area contributed by atoms with Crippen LogP contribution >= 0.6 is 23.2 Å². The van der Waals surface area contributed by atoms with E-state index < -0.39 is 4.92 Å². The van der Waals surface area contributed by atoms with Crippen LogP contribution in [-0.4, -0.2) is 32.5 Å². The minimum absolute atomic E-state index is 0.180. The van der Waals surface area contributed by atoms with E-state index in [1.165, 1.54) is 6.20 Å². The van der Waals surface area contributed by atoms with E-state index in [0.717, 1.165) is 31.9 Å². The summed E-state index contributed by atoms with van der Waals surface area (Å²) in [6, 6.07) is 0.238. The van der Waals surface area contributed by atoms with Crippen molar-refractivity contribution in [3.8, 4) is 0 Å². The summed E-state index contributed by atoms with van der Waals surface area (Å²) < 4.78 is 0. The van der Waals surface area contributed by atoms with Gasteiger partial charge in [0.25, 0.3) is 0 Å². The quantitative estimate of drug-likeness (QED) is 0.531. The molecule has 1 fully saturated rings. The fraction of sp³-hybridized carbons (Fsp3) is 0.471. The van der Waals surface area contributed by atoms with Gasteiger partial charge in [0.05, 0.1) is 15.0 Å². The monoisotopic (exact) mass is 425 g/mol. The summed E-state index contributed by atoms with van der Waals surface area (Å²) in [7, 11) is 0. The van der Waals surface area contributed by atoms with E-state index in [4.69, 9.17) is 34.7 Å². The molecule has 0 unspecified atom stereocenters. The molecule has 0 radical (unpaired) electrons. The van der Waals surface area contributed by atoms with Crippen molar-refractivity contribution in [2.45, 2.75) is 38.3 Å². The van der Waals surface area contributed by atoms with Crippen LogP contribution in [0.25, 0.3) is 0 Å². The molecule has 1 aliphatic carbocycles. The van der Waals surface area contributed by atoms with Crippen molar-refractivity contribution >= 4 is 40.7 Å². The molecule has 11 heteroatoms. The predicted octanol–water partition coefficient (Wildman–Crippen LogP) is 3.19. The van der Waals surface area contributed by atoms with Gasteiger partial charge in [-0.3, -0.25) is 15.1 Å². The van der Waals surface area contributed by atoms with E-state index in [9.17, 15) is 10.1 Å². The van der Waals surface area contributed by atoms with E-state index in [1.54, 1.807) is 6.20 Å². The first kappa shape index (κ1) is 20.5. The second-order valence-electron chi connectivity index (χ2n) is 6.95. The normalized spacial score (nSPS) is 19.4. The maximum Gasteiger partial charge on any atom is 0.329 e. The number of aromatic nitrogens is 3. The fourth-order valence-corrected chi connectivity index (χ4v) is 3.68. The van der Waals surface area contributed by atoms with Gasteiger partial charge in [0.15, 0.2) is 0 Å². The zero-order valence-corrected chi connectivity index (χ0v) is 16.6. The van der Waals surface area contributed by atoms with Gasteiger partial charge in [0.1, 0.15) is 6.20 Å². The summed E-state index contributed by atoms with van der Waals surface area (Å²) in [5.41, 5.74) is 12.2. The number of anilines is 2. The molecule has 0 atom stereocenters. The number of nitro groups is 1. The Hall–Kier alpha value is -2.23. The van der Waals surface area contributed by atoms with E-state index >= 15 is 0 Å². The van der Waals surface area contributed by atoms with Crippen LogP contribution in [-0.2, 0) is 6.54 Å². The third-order valence-corrected chi connectivity index (χ3v) is 5.74. The smallest absolute Gasteiger partial charge is 0.329 e. The topological polar surface area (TPSA) is 137 Å². The van der Waals surface area contributed by atoms with Gasteiger partial charge in [-0.05, 0) is 31.6 Å². The minimum atomic E-state index is -0.607. The molecule has 0 saturated heterocycles. The van der Waals surface area contributed by atoms with Gasteiger partial charge in [-0.15, -0.1) is 0 Å². The molecule has 0 aliphatic heterocycles. The molecule has 2 aromatic rings. The van der Waals surface area contributed by atoms with E-state index in [-0.39, 0.29) is 17.5 Å². The number of pyridine rings is 1. The van der Waals surface area contributed by atoms with Gasteiger partial charge < -0.3 is 16.4 Å². The SMILES string of the molecule is Nc1nc(N(Cc2cncc(Cl)c2Cl)CC2CCC(N)CC2)ncc1[N+](=O)[O-]. The molecule has 2 heterocycles. The van der Waals surface area contributed by atoms with Crippen molar-refractivity contribution in [2.24, 2.45) is 11.7 Å². The van der Waals surface area contributed by atoms with Crippen LogP contribution in [0.4, 0.5) is 17.5 Å². The lowest BCUT2D eigenvalue weighted by Gasteiger charge is -2.32. The first-order valence-electron chi connectivity index (χ1n) is 8.90. The molecule has 0 bridgehead atoms. The molecule has 9 nitrogen and oxygen atoms in total. The van der Waals surface area contributed by atoms with Crippen LogP contribution in [0.15, 0.2) is 18.6 Å². The van der Waals surface area contributed by atoms with Crippen molar-refractivity contribution in [3.05, 3.63) is 44.3 Å². The van der Waals surface area contributed by atoms with E-state index in [1.807, 2.05) is 4.90 Å². The number of nitrogen functional groups attached to an aromatic ring is 1. The average Bonchev–Trinajstić information content (AvgIpc) is 2.66. The Balaban J connectivity index is 1.88. The molecule has 1 saturated carbocycles. The lowest BCUT2D eigenvalue weighted by atomic mass is 9.86. The van der Waals surface area contributed by atoms with Crippen molar-refractivity contribution in [1.82, 2.24) is 15.0 Å². The van der Waals surface area contributed by atoms with Gasteiger partial charge >= 0.3 is 5.69 Å². The van der Waals surface area contributed by atoms with Gasteiger partial charge in [-0.1, -0.05) is 23.2 Å². The van der Waals surface area contributed by atoms with Crippen LogP contribution in [0.1, 0.15) is 31.2 Å². The molecule has 0 aromatic carbocycles. The third kappa shape index (κ3) is 4.78. The molecular weight excluding hydrogens is 405 g/mol. The maximum absolute atomic E-state index is 11.0. The van der Waals surface area contributed by atoms with Gasteiger partial charge in [-0.2, -0.15) is 4.98 Å². The number of nitrogens with zero attached hydrogens (tertiary/aromatic N) is 5. The Labute approximate surface area is 172 Å². The molecule has 0 amide bonds. The minimum Gasteiger partial charge on any atom is -0.378 e. The molecule has 4 N–H and O–H groups in total. The van der Waals surface area contributed by atoms with Gasteiger partial charge in [-0.25, -0.2) is 4.98 Å². The predicted molar refractivity (Wildman–Crippen MR) is 108 cm³/mol. The van der Waals surface area contributed by atoms with E-state index in [0.29, 0.717) is 40.6 Å². The first-order valence-corrected chi connectivity index (χ1v) is 9.66. The summed E-state index contributed by atoms with van der Waals surface area (Å²) in [5.74, 6) is 0.515. The average molecular weight is 426 g/mol. The van der Waals surface area contributed by atoms with Crippen molar-refractivity contribution < 1.29 is 4.92 Å². The number of hydrogen-bond acceptors (Lipinski definition) is 8. The molecular formula is C17H21Cl2N7O2. The summed E-state index contributed by atoms with van der Waals surface area (Å²) in [6.07, 6.45) is 8.12. The highest BCUT2D eigenvalue weighted by molar-refractivity contribution is 6.42. The van der Waals surface area contributed by atoms with Gasteiger partial charge in [0.2, 0.25) is 11.8 Å². The first-order chi connectivity index (χ1) is 13.3. The summed E-state index contributed by atoms with van der Waals surface area (Å²) in [6.45, 7) is 0.999. The Morgan fingerprint density at radius 1 is 1.21 bits per heavy atom. The lowest BCUT2D eigenvalue weighted by molar-refractivity contribution is -0.384. The van der Waals surface area contributed by atoms with Crippen molar-refractivity contribution in [3.63, 3.8) is 0 Å². The summed E-state index contributed by atoms with van der Waals surface area (Å²) in [4.78, 5) is 24.7. The van der Waals surface area contributed by atoms with Crippen LogP contribution in [0.3, 0.4) is 0 Å². The van der Waals surface area contributed by atoms with Crippen LogP contribution in [0.5, 0.6) is 0 Å².